The van der Waals surface area contributed by atoms with Crippen LogP contribution in [0.2, 0.25) is 0 Å². The largest absolute Gasteiger partial charge is 0.486 e. The van der Waals surface area contributed by atoms with E-state index in [0.29, 0.717) is 61.9 Å². The smallest absolute Gasteiger partial charge is 0.274 e. The van der Waals surface area contributed by atoms with Gasteiger partial charge in [0.25, 0.3) is 5.91 Å². The van der Waals surface area contributed by atoms with E-state index in [-0.39, 0.29) is 23.4 Å². The molecule has 2 aliphatic heterocycles. The first-order chi connectivity index (χ1) is 17.1. The molecule has 0 atom stereocenters. The average molecular weight is 476 g/mol. The van der Waals surface area contributed by atoms with E-state index in [1.54, 1.807) is 35.0 Å². The standard InChI is InChI=1S/C27H26FN3O4/c28-19-5-7-20(8-6-19)31-22-3-1-2-21(22)25(29-31)27(33)30-12-10-17(11-13-30)26(32)18-4-9-23-24(16-18)35-15-14-34-23/h4-9,16-17H,1-3,10-15H2. The van der Waals surface area contributed by atoms with Crippen molar-refractivity contribution in [2.75, 3.05) is 26.3 Å². The maximum Gasteiger partial charge on any atom is 0.274 e. The number of Topliss-reactive ketones (excluding diaryl/α,β-unsaturated/α-hetero) is 1. The van der Waals surface area contributed by atoms with E-state index in [1.165, 1.54) is 12.1 Å². The summed E-state index contributed by atoms with van der Waals surface area (Å²) in [5, 5.41) is 4.66. The van der Waals surface area contributed by atoms with Crippen LogP contribution in [0.5, 0.6) is 11.5 Å². The van der Waals surface area contributed by atoms with Gasteiger partial charge in [-0.25, -0.2) is 9.07 Å². The van der Waals surface area contributed by atoms with Crippen LogP contribution in [-0.4, -0.2) is 52.7 Å². The molecule has 2 aromatic carbocycles. The Bertz CT molecular complexity index is 1290. The number of hydrogen-bond donors (Lipinski definition) is 0. The van der Waals surface area contributed by atoms with Gasteiger partial charge in [-0.2, -0.15) is 5.10 Å². The van der Waals surface area contributed by atoms with Crippen LogP contribution in [0.15, 0.2) is 42.5 Å². The monoisotopic (exact) mass is 475 g/mol. The SMILES string of the molecule is O=C(c1ccc2c(c1)OCCO2)C1CCN(C(=O)c2nn(-c3ccc(F)cc3)c3c2CCC3)CC1. The van der Waals surface area contributed by atoms with Gasteiger partial charge in [-0.05, 0) is 74.6 Å². The lowest BCUT2D eigenvalue weighted by molar-refractivity contribution is 0.0644. The summed E-state index contributed by atoms with van der Waals surface area (Å²) in [5.74, 6) is 0.831. The van der Waals surface area contributed by atoms with E-state index in [2.05, 4.69) is 5.10 Å². The lowest BCUT2D eigenvalue weighted by atomic mass is 9.88. The van der Waals surface area contributed by atoms with E-state index < -0.39 is 0 Å². The summed E-state index contributed by atoms with van der Waals surface area (Å²) in [6, 6.07) is 11.5. The van der Waals surface area contributed by atoms with Gasteiger partial charge < -0.3 is 14.4 Å². The molecule has 3 aliphatic rings. The molecule has 1 saturated heterocycles. The van der Waals surface area contributed by atoms with Crippen LogP contribution in [0.4, 0.5) is 4.39 Å². The molecule has 3 aromatic rings. The number of nitrogens with zero attached hydrogens (tertiary/aromatic N) is 3. The van der Waals surface area contributed by atoms with Crippen LogP contribution in [0.1, 0.15) is 51.4 Å². The molecule has 0 bridgehead atoms. The highest BCUT2D eigenvalue weighted by Gasteiger charge is 2.33. The van der Waals surface area contributed by atoms with Crippen LogP contribution in [0.25, 0.3) is 5.69 Å². The van der Waals surface area contributed by atoms with Crippen LogP contribution in [-0.2, 0) is 12.8 Å². The number of amides is 1. The summed E-state index contributed by atoms with van der Waals surface area (Å²) in [4.78, 5) is 28.4. The van der Waals surface area contributed by atoms with Crippen LogP contribution >= 0.6 is 0 Å². The maximum absolute atomic E-state index is 13.4. The molecule has 6 rings (SSSR count). The molecule has 7 nitrogen and oxygen atoms in total. The van der Waals surface area contributed by atoms with E-state index in [1.807, 2.05) is 4.90 Å². The molecule has 0 N–H and O–H groups in total. The van der Waals surface area contributed by atoms with Gasteiger partial charge in [0.05, 0.1) is 5.69 Å². The second-order valence-corrected chi connectivity index (χ2v) is 9.30. The van der Waals surface area contributed by atoms with E-state index in [9.17, 15) is 14.0 Å². The Hall–Kier alpha value is -3.68. The lowest BCUT2D eigenvalue weighted by Crippen LogP contribution is -2.40. The number of rotatable bonds is 4. The zero-order valence-corrected chi connectivity index (χ0v) is 19.3. The number of hydrogen-bond acceptors (Lipinski definition) is 5. The number of ether oxygens (including phenoxy) is 2. The predicted molar refractivity (Wildman–Crippen MR) is 126 cm³/mol. The van der Waals surface area contributed by atoms with Crippen LogP contribution < -0.4 is 9.47 Å². The fraction of sp³-hybridized carbons (Fsp3) is 0.370. The molecule has 0 saturated carbocycles. The van der Waals surface area contributed by atoms with Crippen LogP contribution in [0, 0.1) is 11.7 Å². The molecular formula is C27H26FN3O4. The van der Waals surface area contributed by atoms with Gasteiger partial charge in [-0.15, -0.1) is 0 Å². The molecule has 8 heteroatoms. The molecule has 3 heterocycles. The van der Waals surface area contributed by atoms with Gasteiger partial charge in [0, 0.05) is 35.8 Å². The predicted octanol–water partition coefficient (Wildman–Crippen LogP) is 4.01. The Labute approximate surface area is 202 Å². The van der Waals surface area contributed by atoms with Crippen molar-refractivity contribution in [1.82, 2.24) is 14.7 Å². The number of carbonyl (C=O) groups is 2. The Kier molecular flexibility index (Phi) is 5.51. The Morgan fingerprint density at radius 2 is 1.69 bits per heavy atom. The minimum absolute atomic E-state index is 0.0792. The van der Waals surface area contributed by atoms with Gasteiger partial charge in [-0.3, -0.25) is 9.59 Å². The zero-order valence-electron chi connectivity index (χ0n) is 19.3. The summed E-state index contributed by atoms with van der Waals surface area (Å²) in [7, 11) is 0. The van der Waals surface area contributed by atoms with Crippen molar-refractivity contribution in [3.63, 3.8) is 0 Å². The number of halogens is 1. The molecule has 35 heavy (non-hydrogen) atoms. The number of aromatic nitrogens is 2. The van der Waals surface area contributed by atoms with E-state index >= 15 is 0 Å². The highest BCUT2D eigenvalue weighted by Crippen LogP contribution is 2.33. The van der Waals surface area contributed by atoms with Crippen molar-refractivity contribution in [3.8, 4) is 17.2 Å². The molecule has 1 aliphatic carbocycles. The number of piperidine rings is 1. The highest BCUT2D eigenvalue weighted by molar-refractivity contribution is 5.99. The van der Waals surface area contributed by atoms with Gasteiger partial charge in [0.2, 0.25) is 0 Å². The molecule has 0 unspecified atom stereocenters. The van der Waals surface area contributed by atoms with Crippen molar-refractivity contribution < 1.29 is 23.5 Å². The third-order valence-electron chi connectivity index (χ3n) is 7.18. The fourth-order valence-corrected chi connectivity index (χ4v) is 5.33. The molecule has 0 spiro atoms. The van der Waals surface area contributed by atoms with Gasteiger partial charge in [0.15, 0.2) is 23.0 Å². The second-order valence-electron chi connectivity index (χ2n) is 9.30. The number of carbonyl (C=O) groups excluding carboxylic acids is 2. The van der Waals surface area contributed by atoms with E-state index in [4.69, 9.17) is 9.47 Å². The Morgan fingerprint density at radius 3 is 2.46 bits per heavy atom. The molecule has 180 valence electrons. The van der Waals surface area contributed by atoms with E-state index in [0.717, 1.165) is 36.2 Å². The Balaban J connectivity index is 1.16. The minimum atomic E-state index is -0.303. The quantitative estimate of drug-likeness (QED) is 0.533. The van der Waals surface area contributed by atoms with Gasteiger partial charge >= 0.3 is 0 Å². The summed E-state index contributed by atoms with van der Waals surface area (Å²) >= 11 is 0. The number of fused-ring (bicyclic) bond motifs is 2. The first-order valence-corrected chi connectivity index (χ1v) is 12.2. The third-order valence-corrected chi connectivity index (χ3v) is 7.18. The summed E-state index contributed by atoms with van der Waals surface area (Å²) in [6.07, 6.45) is 3.86. The van der Waals surface area contributed by atoms with Gasteiger partial charge in [0.1, 0.15) is 19.0 Å². The molecule has 1 amide bonds. The number of likely N-dealkylation sites (tertiary alicyclic amines) is 1. The van der Waals surface area contributed by atoms with Crippen molar-refractivity contribution >= 4 is 11.7 Å². The minimum Gasteiger partial charge on any atom is -0.486 e. The average Bonchev–Trinajstić information content (AvgIpc) is 3.51. The summed E-state index contributed by atoms with van der Waals surface area (Å²) in [5.41, 5.74) is 3.89. The highest BCUT2D eigenvalue weighted by atomic mass is 19.1. The van der Waals surface area contributed by atoms with Crippen molar-refractivity contribution in [2.24, 2.45) is 5.92 Å². The zero-order chi connectivity index (χ0) is 23.9. The molecule has 1 aromatic heterocycles. The van der Waals surface area contributed by atoms with Crippen molar-refractivity contribution in [2.45, 2.75) is 32.1 Å². The summed E-state index contributed by atoms with van der Waals surface area (Å²) in [6.45, 7) is 2.01. The lowest BCUT2D eigenvalue weighted by Gasteiger charge is -2.31. The maximum atomic E-state index is 13.4. The fourth-order valence-electron chi connectivity index (χ4n) is 5.33. The normalized spacial score (nSPS) is 17.3. The van der Waals surface area contributed by atoms with Crippen LogP contribution in [0.3, 0.4) is 0 Å². The number of ketones is 1. The topological polar surface area (TPSA) is 73.7 Å². The van der Waals surface area contributed by atoms with Crippen molar-refractivity contribution in [3.05, 3.63) is 70.8 Å². The molecule has 1 fully saturated rings. The molecule has 0 radical (unpaired) electrons. The molecular weight excluding hydrogens is 449 g/mol. The Morgan fingerprint density at radius 1 is 0.943 bits per heavy atom. The number of benzene rings is 2. The second kappa shape index (κ2) is 8.83. The first kappa shape index (κ1) is 21.8. The summed E-state index contributed by atoms with van der Waals surface area (Å²) < 4.78 is 26.3. The third kappa shape index (κ3) is 3.96. The van der Waals surface area contributed by atoms with Gasteiger partial charge in [-0.1, -0.05) is 0 Å². The first-order valence-electron chi connectivity index (χ1n) is 12.2. The van der Waals surface area contributed by atoms with Crippen molar-refractivity contribution in [1.29, 1.82) is 0 Å².